The molecule has 4 nitrogen and oxygen atoms in total. The fourth-order valence-electron chi connectivity index (χ4n) is 1.35. The van der Waals surface area contributed by atoms with Crippen LogP contribution in [0.1, 0.15) is 12.8 Å². The molecule has 0 radical (unpaired) electrons. The van der Waals surface area contributed by atoms with Crippen molar-refractivity contribution in [2.75, 3.05) is 0 Å². The average molecular weight is 237 g/mol. The summed E-state index contributed by atoms with van der Waals surface area (Å²) in [7, 11) is 0. The first-order valence-electron chi connectivity index (χ1n) is 4.83. The highest BCUT2D eigenvalue weighted by molar-refractivity contribution is 8.00. The zero-order chi connectivity index (χ0) is 11.7. The number of nitrogens with zero attached hydrogens (tertiary/aromatic N) is 1. The second kappa shape index (κ2) is 4.17. The van der Waals surface area contributed by atoms with Gasteiger partial charge in [-0.2, -0.15) is 0 Å². The van der Waals surface area contributed by atoms with Crippen LogP contribution in [0.2, 0.25) is 0 Å². The Morgan fingerprint density at radius 1 is 1.56 bits per heavy atom. The zero-order valence-electron chi connectivity index (χ0n) is 8.93. The predicted octanol–water partition coefficient (Wildman–Crippen LogP) is 2.70. The van der Waals surface area contributed by atoms with Gasteiger partial charge in [0.05, 0.1) is 0 Å². The lowest BCUT2D eigenvalue weighted by Gasteiger charge is -2.04. The van der Waals surface area contributed by atoms with Crippen molar-refractivity contribution in [2.45, 2.75) is 24.0 Å². The molecule has 1 aromatic heterocycles. The molecule has 1 heterocycles. The van der Waals surface area contributed by atoms with Gasteiger partial charge >= 0.3 is 5.97 Å². The van der Waals surface area contributed by atoms with E-state index in [1.807, 2.05) is 18.2 Å². The largest absolute Gasteiger partial charge is 0.480 e. The molecular weight excluding hydrogens is 226 g/mol. The van der Waals surface area contributed by atoms with Gasteiger partial charge in [-0.1, -0.05) is 0 Å². The molecule has 2 aromatic rings. The molecule has 0 saturated carbocycles. The summed E-state index contributed by atoms with van der Waals surface area (Å²) in [5, 5.41) is 8.34. The van der Waals surface area contributed by atoms with Crippen molar-refractivity contribution in [3.05, 3.63) is 24.1 Å². The number of aryl methyl sites for hydroxylation is 1. The first-order valence-corrected chi connectivity index (χ1v) is 5.71. The minimum absolute atomic E-state index is 0.467. The smallest absolute Gasteiger partial charge is 0.316 e. The van der Waals surface area contributed by atoms with Crippen LogP contribution in [-0.2, 0) is 4.79 Å². The summed E-state index contributed by atoms with van der Waals surface area (Å²) in [4.78, 5) is 15.8. The van der Waals surface area contributed by atoms with E-state index in [2.05, 4.69) is 4.98 Å². The van der Waals surface area contributed by atoms with Crippen LogP contribution in [0.15, 0.2) is 27.5 Å². The van der Waals surface area contributed by atoms with Crippen molar-refractivity contribution in [3.8, 4) is 0 Å². The molecule has 1 unspecified atom stereocenters. The summed E-state index contributed by atoms with van der Waals surface area (Å²) in [5.41, 5.74) is 1.49. The van der Waals surface area contributed by atoms with E-state index in [9.17, 15) is 4.79 Å². The van der Waals surface area contributed by atoms with Crippen LogP contribution in [-0.4, -0.2) is 21.3 Å². The minimum Gasteiger partial charge on any atom is -0.480 e. The number of rotatable bonds is 3. The number of thioether (sulfide) groups is 1. The molecule has 0 aliphatic carbocycles. The summed E-state index contributed by atoms with van der Waals surface area (Å²) in [6.07, 6.45) is 0. The van der Waals surface area contributed by atoms with Crippen LogP contribution in [0.4, 0.5) is 0 Å². The maximum atomic E-state index is 10.7. The number of oxazole rings is 1. The fraction of sp³-hybridized carbons (Fsp3) is 0.273. The summed E-state index contributed by atoms with van der Waals surface area (Å²) in [6, 6.07) is 5.50. The zero-order valence-corrected chi connectivity index (χ0v) is 9.75. The highest BCUT2D eigenvalue weighted by Gasteiger charge is 2.13. The van der Waals surface area contributed by atoms with Crippen LogP contribution in [0.25, 0.3) is 11.1 Å². The molecule has 1 aromatic carbocycles. The van der Waals surface area contributed by atoms with E-state index < -0.39 is 11.2 Å². The van der Waals surface area contributed by atoms with Crippen LogP contribution >= 0.6 is 11.8 Å². The van der Waals surface area contributed by atoms with Crippen LogP contribution in [0.5, 0.6) is 0 Å². The average Bonchev–Trinajstić information content (AvgIpc) is 2.57. The summed E-state index contributed by atoms with van der Waals surface area (Å²) < 4.78 is 5.34. The van der Waals surface area contributed by atoms with E-state index in [0.717, 1.165) is 16.0 Å². The van der Waals surface area contributed by atoms with Crippen molar-refractivity contribution in [1.82, 2.24) is 4.98 Å². The SMILES string of the molecule is Cc1nc2cc(SC(C)C(=O)O)ccc2o1. The van der Waals surface area contributed by atoms with Crippen molar-refractivity contribution >= 4 is 28.8 Å². The third kappa shape index (κ3) is 2.19. The Bertz CT molecular complexity index is 535. The van der Waals surface area contributed by atoms with Crippen molar-refractivity contribution in [1.29, 1.82) is 0 Å². The lowest BCUT2D eigenvalue weighted by atomic mass is 10.3. The predicted molar refractivity (Wildman–Crippen MR) is 61.7 cm³/mol. The number of aliphatic carboxylic acids is 1. The Morgan fingerprint density at radius 3 is 3.00 bits per heavy atom. The highest BCUT2D eigenvalue weighted by Crippen LogP contribution is 2.27. The quantitative estimate of drug-likeness (QED) is 0.831. The van der Waals surface area contributed by atoms with Gasteiger partial charge in [0, 0.05) is 11.8 Å². The number of hydrogen-bond acceptors (Lipinski definition) is 4. The van der Waals surface area contributed by atoms with Crippen LogP contribution in [0.3, 0.4) is 0 Å². The molecule has 0 aliphatic heterocycles. The molecule has 0 amide bonds. The van der Waals surface area contributed by atoms with Gasteiger partial charge in [0.2, 0.25) is 0 Å². The number of hydrogen-bond donors (Lipinski definition) is 1. The van der Waals surface area contributed by atoms with E-state index in [0.29, 0.717) is 5.89 Å². The van der Waals surface area contributed by atoms with Crippen molar-refractivity contribution in [3.63, 3.8) is 0 Å². The number of fused-ring (bicyclic) bond motifs is 1. The maximum Gasteiger partial charge on any atom is 0.316 e. The first-order chi connectivity index (χ1) is 7.56. The van der Waals surface area contributed by atoms with Gasteiger partial charge in [-0.15, -0.1) is 11.8 Å². The molecule has 1 N–H and O–H groups in total. The third-order valence-electron chi connectivity index (χ3n) is 2.13. The van der Waals surface area contributed by atoms with Crippen molar-refractivity contribution < 1.29 is 14.3 Å². The first kappa shape index (κ1) is 11.0. The topological polar surface area (TPSA) is 63.3 Å². The van der Waals surface area contributed by atoms with Gasteiger partial charge in [0.1, 0.15) is 10.8 Å². The van der Waals surface area contributed by atoms with Crippen LogP contribution < -0.4 is 0 Å². The molecule has 0 saturated heterocycles. The monoisotopic (exact) mass is 237 g/mol. The summed E-state index contributed by atoms with van der Waals surface area (Å²) in [6.45, 7) is 3.44. The fourth-order valence-corrected chi connectivity index (χ4v) is 2.19. The number of carboxylic acid groups (broad SMARTS) is 1. The summed E-state index contributed by atoms with van der Waals surface area (Å²) >= 11 is 1.29. The Labute approximate surface area is 96.7 Å². The van der Waals surface area contributed by atoms with Gasteiger partial charge < -0.3 is 9.52 Å². The molecule has 0 spiro atoms. The summed E-state index contributed by atoms with van der Waals surface area (Å²) in [5.74, 6) is -0.204. The number of aromatic nitrogens is 1. The Hall–Kier alpha value is -1.49. The highest BCUT2D eigenvalue weighted by atomic mass is 32.2. The van der Waals surface area contributed by atoms with Gasteiger partial charge in [-0.3, -0.25) is 4.79 Å². The van der Waals surface area contributed by atoms with Crippen LogP contribution in [0, 0.1) is 6.92 Å². The van der Waals surface area contributed by atoms with E-state index in [1.54, 1.807) is 13.8 Å². The third-order valence-corrected chi connectivity index (χ3v) is 3.21. The normalized spacial score (nSPS) is 12.9. The standard InChI is InChI=1S/C11H11NO3S/c1-6(11(13)14)16-8-3-4-10-9(5-8)12-7(2)15-10/h3-6H,1-2H3,(H,13,14). The van der Waals surface area contributed by atoms with E-state index in [-0.39, 0.29) is 0 Å². The second-order valence-electron chi connectivity index (χ2n) is 3.46. The number of benzene rings is 1. The molecule has 5 heteroatoms. The van der Waals surface area contributed by atoms with Gasteiger partial charge in [-0.05, 0) is 25.1 Å². The lowest BCUT2D eigenvalue weighted by molar-refractivity contribution is -0.136. The molecule has 84 valence electrons. The minimum atomic E-state index is -0.818. The number of carbonyl (C=O) groups is 1. The molecule has 1 atom stereocenters. The molecule has 16 heavy (non-hydrogen) atoms. The van der Waals surface area contributed by atoms with Crippen molar-refractivity contribution in [2.24, 2.45) is 0 Å². The Balaban J connectivity index is 2.28. The second-order valence-corrected chi connectivity index (χ2v) is 4.87. The Morgan fingerprint density at radius 2 is 2.31 bits per heavy atom. The molecule has 2 rings (SSSR count). The van der Waals surface area contributed by atoms with Gasteiger partial charge in [0.15, 0.2) is 11.5 Å². The van der Waals surface area contributed by atoms with Gasteiger partial charge in [-0.25, -0.2) is 4.98 Å². The maximum absolute atomic E-state index is 10.7. The lowest BCUT2D eigenvalue weighted by Crippen LogP contribution is -2.10. The molecule has 0 bridgehead atoms. The van der Waals surface area contributed by atoms with E-state index in [1.165, 1.54) is 11.8 Å². The van der Waals surface area contributed by atoms with Gasteiger partial charge in [0.25, 0.3) is 0 Å². The Kier molecular flexibility index (Phi) is 2.87. The van der Waals surface area contributed by atoms with E-state index >= 15 is 0 Å². The molecule has 0 fully saturated rings. The molecule has 0 aliphatic rings. The number of carboxylic acids is 1. The van der Waals surface area contributed by atoms with E-state index in [4.69, 9.17) is 9.52 Å². The molecular formula is C11H11NO3S.